The topological polar surface area (TPSA) is 60.9 Å². The maximum atomic E-state index is 12.5. The summed E-state index contributed by atoms with van der Waals surface area (Å²) in [7, 11) is 0. The lowest BCUT2D eigenvalue weighted by molar-refractivity contribution is -0.160. The molecule has 5 heteroatoms. The molecule has 0 aromatic rings. The van der Waals surface area contributed by atoms with E-state index >= 15 is 0 Å². The van der Waals surface area contributed by atoms with E-state index in [1.807, 2.05) is 0 Å². The van der Waals surface area contributed by atoms with Gasteiger partial charge < -0.3 is 14.9 Å². The monoisotopic (exact) mass is 292 g/mol. The highest BCUT2D eigenvalue weighted by molar-refractivity contribution is 5.95. The van der Waals surface area contributed by atoms with E-state index in [2.05, 4.69) is 6.08 Å². The van der Waals surface area contributed by atoms with Gasteiger partial charge in [0.05, 0.1) is 12.6 Å². The van der Waals surface area contributed by atoms with Crippen LogP contribution in [-0.2, 0) is 9.59 Å². The number of carbonyl (C=O) groups excluding carboxylic acids is 2. The second-order valence-electron chi connectivity index (χ2n) is 6.40. The standard InChI is InChI=1S/C16H24N2O3/c19-13-7-9-18-14(10-13)16(21)17(11-15(18)20)8-6-12-4-2-1-3-5-12/h4,13-14,19H,1-3,5-11H2/t13-,14+/m0/s1. The molecule has 2 aliphatic heterocycles. The van der Waals surface area contributed by atoms with Crippen LogP contribution in [0, 0.1) is 0 Å². The van der Waals surface area contributed by atoms with Crippen LogP contribution in [0.2, 0.25) is 0 Å². The van der Waals surface area contributed by atoms with Crippen molar-refractivity contribution in [2.75, 3.05) is 19.6 Å². The van der Waals surface area contributed by atoms with Gasteiger partial charge >= 0.3 is 0 Å². The molecule has 0 bridgehead atoms. The first kappa shape index (κ1) is 14.6. The van der Waals surface area contributed by atoms with Gasteiger partial charge in [-0.2, -0.15) is 0 Å². The van der Waals surface area contributed by atoms with Crippen molar-refractivity contribution in [3.8, 4) is 0 Å². The highest BCUT2D eigenvalue weighted by Gasteiger charge is 2.42. The Kier molecular flexibility index (Phi) is 4.29. The molecule has 1 aliphatic carbocycles. The normalized spacial score (nSPS) is 30.2. The molecule has 0 aromatic heterocycles. The number of piperidine rings is 1. The molecule has 116 valence electrons. The first-order valence-electron chi connectivity index (χ1n) is 8.09. The zero-order valence-corrected chi connectivity index (χ0v) is 12.5. The van der Waals surface area contributed by atoms with E-state index < -0.39 is 12.1 Å². The van der Waals surface area contributed by atoms with Crippen molar-refractivity contribution in [1.82, 2.24) is 9.80 Å². The Balaban J connectivity index is 1.62. The number of aliphatic hydroxyl groups is 1. The molecule has 2 atom stereocenters. The first-order chi connectivity index (χ1) is 10.1. The fraction of sp³-hybridized carbons (Fsp3) is 0.750. The molecular formula is C16H24N2O3. The lowest BCUT2D eigenvalue weighted by Gasteiger charge is -2.44. The maximum Gasteiger partial charge on any atom is 0.245 e. The molecule has 2 saturated heterocycles. The van der Waals surface area contributed by atoms with Crippen LogP contribution in [0.25, 0.3) is 0 Å². The van der Waals surface area contributed by atoms with Gasteiger partial charge in [-0.1, -0.05) is 11.6 Å². The van der Waals surface area contributed by atoms with Crippen LogP contribution in [-0.4, -0.2) is 58.5 Å². The van der Waals surface area contributed by atoms with E-state index in [1.54, 1.807) is 9.80 Å². The SMILES string of the molecule is O=C1[C@H]2C[C@@H](O)CCN2C(=O)CN1CCC1=CCCCC1. The van der Waals surface area contributed by atoms with Crippen LogP contribution < -0.4 is 0 Å². The Morgan fingerprint density at radius 3 is 2.90 bits per heavy atom. The summed E-state index contributed by atoms with van der Waals surface area (Å²) in [5.41, 5.74) is 1.42. The van der Waals surface area contributed by atoms with Crippen LogP contribution in [0.15, 0.2) is 11.6 Å². The van der Waals surface area contributed by atoms with Gasteiger partial charge in [0.2, 0.25) is 11.8 Å². The Bertz CT molecular complexity index is 460. The van der Waals surface area contributed by atoms with E-state index in [0.29, 0.717) is 25.9 Å². The first-order valence-corrected chi connectivity index (χ1v) is 8.09. The van der Waals surface area contributed by atoms with Crippen molar-refractivity contribution in [2.24, 2.45) is 0 Å². The van der Waals surface area contributed by atoms with Gasteiger partial charge in [-0.25, -0.2) is 0 Å². The molecule has 0 aromatic carbocycles. The van der Waals surface area contributed by atoms with Gasteiger partial charge in [-0.05, 0) is 38.5 Å². The number of rotatable bonds is 3. The van der Waals surface area contributed by atoms with Gasteiger partial charge in [0, 0.05) is 19.5 Å². The quantitative estimate of drug-likeness (QED) is 0.792. The summed E-state index contributed by atoms with van der Waals surface area (Å²) in [6.07, 6.45) is 8.47. The summed E-state index contributed by atoms with van der Waals surface area (Å²) in [5, 5.41) is 9.75. The summed E-state index contributed by atoms with van der Waals surface area (Å²) in [4.78, 5) is 28.1. The number of piperazine rings is 1. The largest absolute Gasteiger partial charge is 0.393 e. The molecule has 3 aliphatic rings. The zero-order valence-electron chi connectivity index (χ0n) is 12.5. The number of fused-ring (bicyclic) bond motifs is 1. The molecule has 0 unspecified atom stereocenters. The van der Waals surface area contributed by atoms with Crippen LogP contribution >= 0.6 is 0 Å². The van der Waals surface area contributed by atoms with Crippen LogP contribution in [0.3, 0.4) is 0 Å². The average molecular weight is 292 g/mol. The predicted octanol–water partition coefficient (Wildman–Crippen LogP) is 1.07. The van der Waals surface area contributed by atoms with E-state index in [0.717, 1.165) is 19.3 Å². The summed E-state index contributed by atoms with van der Waals surface area (Å²) in [6, 6.07) is -0.435. The van der Waals surface area contributed by atoms with Gasteiger partial charge in [0.15, 0.2) is 0 Å². The van der Waals surface area contributed by atoms with Crippen molar-refractivity contribution in [2.45, 2.75) is 57.1 Å². The van der Waals surface area contributed by atoms with Crippen LogP contribution in [0.1, 0.15) is 44.9 Å². The fourth-order valence-electron chi connectivity index (χ4n) is 3.62. The Morgan fingerprint density at radius 2 is 2.14 bits per heavy atom. The number of carbonyl (C=O) groups is 2. The molecule has 2 heterocycles. The molecule has 21 heavy (non-hydrogen) atoms. The second kappa shape index (κ2) is 6.18. The minimum Gasteiger partial charge on any atom is -0.393 e. The van der Waals surface area contributed by atoms with E-state index in [4.69, 9.17) is 0 Å². The second-order valence-corrected chi connectivity index (χ2v) is 6.40. The fourth-order valence-corrected chi connectivity index (χ4v) is 3.62. The third-order valence-electron chi connectivity index (χ3n) is 4.91. The number of hydrogen-bond donors (Lipinski definition) is 1. The minimum atomic E-state index is -0.455. The molecular weight excluding hydrogens is 268 g/mol. The molecule has 0 radical (unpaired) electrons. The third-order valence-corrected chi connectivity index (χ3v) is 4.91. The highest BCUT2D eigenvalue weighted by Crippen LogP contribution is 2.25. The van der Waals surface area contributed by atoms with Crippen molar-refractivity contribution in [3.63, 3.8) is 0 Å². The molecule has 0 saturated carbocycles. The molecule has 2 fully saturated rings. The van der Waals surface area contributed by atoms with E-state index in [1.165, 1.54) is 18.4 Å². The number of amides is 2. The number of hydrogen-bond acceptors (Lipinski definition) is 3. The lowest BCUT2D eigenvalue weighted by atomic mass is 9.94. The van der Waals surface area contributed by atoms with Crippen LogP contribution in [0.4, 0.5) is 0 Å². The summed E-state index contributed by atoms with van der Waals surface area (Å²) in [6.45, 7) is 1.35. The Labute approximate surface area is 125 Å². The number of allylic oxidation sites excluding steroid dienone is 1. The van der Waals surface area contributed by atoms with Gasteiger partial charge in [0.25, 0.3) is 0 Å². The summed E-state index contributed by atoms with van der Waals surface area (Å²) >= 11 is 0. The summed E-state index contributed by atoms with van der Waals surface area (Å²) in [5.74, 6) is 0.0499. The molecule has 0 spiro atoms. The maximum absolute atomic E-state index is 12.5. The third kappa shape index (κ3) is 3.12. The van der Waals surface area contributed by atoms with Gasteiger partial charge in [-0.15, -0.1) is 0 Å². The highest BCUT2D eigenvalue weighted by atomic mass is 16.3. The molecule has 3 rings (SSSR count). The predicted molar refractivity (Wildman–Crippen MR) is 78.5 cm³/mol. The smallest absolute Gasteiger partial charge is 0.245 e. The van der Waals surface area contributed by atoms with E-state index in [9.17, 15) is 14.7 Å². The molecule has 2 amide bonds. The lowest BCUT2D eigenvalue weighted by Crippen LogP contribution is -2.62. The summed E-state index contributed by atoms with van der Waals surface area (Å²) < 4.78 is 0. The van der Waals surface area contributed by atoms with Crippen molar-refractivity contribution in [3.05, 3.63) is 11.6 Å². The molecule has 1 N–H and O–H groups in total. The average Bonchev–Trinajstić information content (AvgIpc) is 2.50. The van der Waals surface area contributed by atoms with Crippen molar-refractivity contribution in [1.29, 1.82) is 0 Å². The number of aliphatic hydroxyl groups excluding tert-OH is 1. The number of nitrogens with zero attached hydrogens (tertiary/aromatic N) is 2. The van der Waals surface area contributed by atoms with Gasteiger partial charge in [0.1, 0.15) is 6.04 Å². The van der Waals surface area contributed by atoms with Crippen molar-refractivity contribution >= 4 is 11.8 Å². The minimum absolute atomic E-state index is 0.0183. The zero-order chi connectivity index (χ0) is 14.8. The van der Waals surface area contributed by atoms with Crippen LogP contribution in [0.5, 0.6) is 0 Å². The molecule has 5 nitrogen and oxygen atoms in total. The Hall–Kier alpha value is -1.36. The Morgan fingerprint density at radius 1 is 1.29 bits per heavy atom. The van der Waals surface area contributed by atoms with Crippen molar-refractivity contribution < 1.29 is 14.7 Å². The van der Waals surface area contributed by atoms with Gasteiger partial charge in [-0.3, -0.25) is 9.59 Å². The van der Waals surface area contributed by atoms with E-state index in [-0.39, 0.29) is 18.4 Å².